The van der Waals surface area contributed by atoms with Crippen LogP contribution in [0.4, 0.5) is 9.18 Å². The predicted octanol–water partition coefficient (Wildman–Crippen LogP) is 3.36. The van der Waals surface area contributed by atoms with Gasteiger partial charge in [-0.15, -0.1) is 0 Å². The Morgan fingerprint density at radius 2 is 1.87 bits per heavy atom. The molecule has 0 aromatic heterocycles. The minimum atomic E-state index is -1.20. The van der Waals surface area contributed by atoms with E-state index in [1.54, 1.807) is 20.8 Å². The molecule has 1 aromatic carbocycles. The number of likely N-dealkylation sites (tertiary alicyclic amines) is 2. The third kappa shape index (κ3) is 5.20. The Balaban J connectivity index is 1.35. The summed E-state index contributed by atoms with van der Waals surface area (Å²) in [7, 11) is 0. The topological polar surface area (TPSA) is 61.9 Å². The van der Waals surface area contributed by atoms with E-state index in [0.717, 1.165) is 32.5 Å². The van der Waals surface area contributed by atoms with Crippen molar-refractivity contribution in [2.75, 3.05) is 19.6 Å². The second-order valence-electron chi connectivity index (χ2n) is 10.3. The number of ether oxygens (including phenoxy) is 1. The van der Waals surface area contributed by atoms with Crippen molar-refractivity contribution in [3.63, 3.8) is 0 Å². The van der Waals surface area contributed by atoms with E-state index < -0.39 is 23.9 Å². The van der Waals surface area contributed by atoms with Crippen LogP contribution in [0, 0.1) is 11.8 Å². The van der Waals surface area contributed by atoms with Gasteiger partial charge < -0.3 is 10.1 Å². The van der Waals surface area contributed by atoms with Gasteiger partial charge in [-0.3, -0.25) is 14.6 Å². The first-order valence-corrected chi connectivity index (χ1v) is 11.4. The number of carbonyl (C=O) groups is 2. The summed E-state index contributed by atoms with van der Waals surface area (Å²) in [5, 5.41) is 3.16. The van der Waals surface area contributed by atoms with Gasteiger partial charge in [-0.25, -0.2) is 9.18 Å². The van der Waals surface area contributed by atoms with Crippen LogP contribution in [0.2, 0.25) is 0 Å². The van der Waals surface area contributed by atoms with Crippen molar-refractivity contribution in [3.8, 4) is 0 Å². The van der Waals surface area contributed by atoms with Crippen molar-refractivity contribution < 1.29 is 18.7 Å². The standard InChI is InChI=1S/C24H34FN3O3/c1-24(2,3)31-23(30)28-14-18(25)11-21(28)22(29)26-20-10-9-17-13-27(15-19(17)20)12-16-7-5-4-6-8-16/h4-8,17-21H,9-15H2,1-3H3,(H,26,29)/t17-,18?,19+,20+,21?/m1/s1. The largest absolute Gasteiger partial charge is 0.444 e. The van der Waals surface area contributed by atoms with E-state index in [0.29, 0.717) is 11.8 Å². The summed E-state index contributed by atoms with van der Waals surface area (Å²) >= 11 is 0. The Morgan fingerprint density at radius 3 is 2.58 bits per heavy atom. The van der Waals surface area contributed by atoms with Crippen LogP contribution in [0.5, 0.6) is 0 Å². The van der Waals surface area contributed by atoms with Crippen molar-refractivity contribution in [2.45, 2.75) is 70.4 Å². The summed E-state index contributed by atoms with van der Waals surface area (Å²) in [5.74, 6) is 0.733. The summed E-state index contributed by atoms with van der Waals surface area (Å²) in [5.41, 5.74) is 0.619. The van der Waals surface area contributed by atoms with E-state index in [1.165, 1.54) is 10.5 Å². The average molecular weight is 432 g/mol. The Kier molecular flexibility index (Phi) is 6.24. The molecule has 1 aliphatic carbocycles. The smallest absolute Gasteiger partial charge is 0.411 e. The summed E-state index contributed by atoms with van der Waals surface area (Å²) in [4.78, 5) is 29.3. The maximum Gasteiger partial charge on any atom is 0.411 e. The average Bonchev–Trinajstić information content (AvgIpc) is 3.37. The molecule has 3 fully saturated rings. The Labute approximate surface area is 184 Å². The van der Waals surface area contributed by atoms with Gasteiger partial charge in [0.15, 0.2) is 0 Å². The van der Waals surface area contributed by atoms with Gasteiger partial charge in [-0.1, -0.05) is 30.3 Å². The zero-order valence-corrected chi connectivity index (χ0v) is 18.7. The molecule has 1 saturated carbocycles. The number of nitrogens with one attached hydrogen (secondary N) is 1. The van der Waals surface area contributed by atoms with Gasteiger partial charge in [0.25, 0.3) is 0 Å². The molecule has 1 N–H and O–H groups in total. The molecule has 31 heavy (non-hydrogen) atoms. The van der Waals surface area contributed by atoms with E-state index in [-0.39, 0.29) is 24.9 Å². The molecule has 2 heterocycles. The molecule has 1 aromatic rings. The molecule has 0 spiro atoms. The minimum absolute atomic E-state index is 0.0338. The third-order valence-electron chi connectivity index (χ3n) is 6.69. The number of nitrogens with zero attached hydrogens (tertiary/aromatic N) is 2. The number of hydrogen-bond donors (Lipinski definition) is 1. The fourth-order valence-corrected chi connectivity index (χ4v) is 5.34. The van der Waals surface area contributed by atoms with E-state index in [2.05, 4.69) is 34.5 Å². The molecule has 2 unspecified atom stereocenters. The Hall–Kier alpha value is -2.15. The van der Waals surface area contributed by atoms with Crippen molar-refractivity contribution in [2.24, 2.45) is 11.8 Å². The van der Waals surface area contributed by atoms with Crippen LogP contribution in [0.3, 0.4) is 0 Å². The first kappa shape index (κ1) is 22.1. The summed E-state index contributed by atoms with van der Waals surface area (Å²) < 4.78 is 19.5. The zero-order valence-electron chi connectivity index (χ0n) is 18.7. The van der Waals surface area contributed by atoms with Gasteiger partial charge in [0, 0.05) is 32.1 Å². The molecule has 7 heteroatoms. The molecular formula is C24H34FN3O3. The van der Waals surface area contributed by atoms with Crippen LogP contribution in [-0.2, 0) is 16.1 Å². The molecule has 170 valence electrons. The highest BCUT2D eigenvalue weighted by Crippen LogP contribution is 2.39. The number of amides is 2. The number of hydrogen-bond acceptors (Lipinski definition) is 4. The SMILES string of the molecule is CC(C)(C)OC(=O)N1CC(F)CC1C(=O)N[C@H]1CC[C@@H]2CN(Cc3ccccc3)C[C@@H]21. The first-order chi connectivity index (χ1) is 14.7. The number of benzene rings is 1. The molecular weight excluding hydrogens is 397 g/mol. The van der Waals surface area contributed by atoms with Crippen LogP contribution in [0.1, 0.15) is 45.6 Å². The monoisotopic (exact) mass is 431 g/mol. The molecule has 5 atom stereocenters. The van der Waals surface area contributed by atoms with E-state index in [1.807, 2.05) is 6.07 Å². The fraction of sp³-hybridized carbons (Fsp3) is 0.667. The van der Waals surface area contributed by atoms with Gasteiger partial charge in [0.05, 0.1) is 6.54 Å². The molecule has 2 amide bonds. The molecule has 3 aliphatic rings. The Bertz CT molecular complexity index is 797. The number of rotatable bonds is 4. The normalized spacial score (nSPS) is 31.0. The quantitative estimate of drug-likeness (QED) is 0.794. The second kappa shape index (κ2) is 8.77. The van der Waals surface area contributed by atoms with Crippen molar-refractivity contribution in [1.82, 2.24) is 15.1 Å². The Morgan fingerprint density at radius 1 is 1.13 bits per heavy atom. The van der Waals surface area contributed by atoms with Crippen molar-refractivity contribution in [3.05, 3.63) is 35.9 Å². The van der Waals surface area contributed by atoms with Crippen LogP contribution < -0.4 is 5.32 Å². The zero-order chi connectivity index (χ0) is 22.2. The molecule has 2 aliphatic heterocycles. The minimum Gasteiger partial charge on any atom is -0.444 e. The van der Waals surface area contributed by atoms with Gasteiger partial charge in [-0.2, -0.15) is 0 Å². The lowest BCUT2D eigenvalue weighted by molar-refractivity contribution is -0.126. The van der Waals surface area contributed by atoms with Crippen LogP contribution in [-0.4, -0.2) is 65.3 Å². The highest BCUT2D eigenvalue weighted by atomic mass is 19.1. The number of halogens is 1. The predicted molar refractivity (Wildman–Crippen MR) is 116 cm³/mol. The summed E-state index contributed by atoms with van der Waals surface area (Å²) in [6.07, 6.45) is 0.247. The number of alkyl halides is 1. The van der Waals surface area contributed by atoms with E-state index in [4.69, 9.17) is 4.74 Å². The number of fused-ring (bicyclic) bond motifs is 1. The van der Waals surface area contributed by atoms with Crippen LogP contribution in [0.25, 0.3) is 0 Å². The maximum atomic E-state index is 14.1. The van der Waals surface area contributed by atoms with Crippen LogP contribution in [0.15, 0.2) is 30.3 Å². The lowest BCUT2D eigenvalue weighted by Crippen LogP contribution is -2.51. The molecule has 0 radical (unpaired) electrons. The van der Waals surface area contributed by atoms with Crippen LogP contribution >= 0.6 is 0 Å². The van der Waals surface area contributed by atoms with Gasteiger partial charge >= 0.3 is 6.09 Å². The van der Waals surface area contributed by atoms with Gasteiger partial charge in [-0.05, 0) is 51.0 Å². The molecule has 6 nitrogen and oxygen atoms in total. The fourth-order valence-electron chi connectivity index (χ4n) is 5.34. The highest BCUT2D eigenvalue weighted by molar-refractivity contribution is 5.86. The number of carbonyl (C=O) groups excluding carboxylic acids is 2. The van der Waals surface area contributed by atoms with E-state index in [9.17, 15) is 14.0 Å². The molecule has 2 saturated heterocycles. The maximum absolute atomic E-state index is 14.1. The van der Waals surface area contributed by atoms with E-state index >= 15 is 0 Å². The summed E-state index contributed by atoms with van der Waals surface area (Å²) in [6.45, 7) is 8.14. The van der Waals surface area contributed by atoms with Crippen molar-refractivity contribution >= 4 is 12.0 Å². The summed E-state index contributed by atoms with van der Waals surface area (Å²) in [6, 6.07) is 9.72. The molecule has 4 rings (SSSR count). The van der Waals surface area contributed by atoms with Gasteiger partial charge in [0.2, 0.25) is 5.91 Å². The highest BCUT2D eigenvalue weighted by Gasteiger charge is 2.46. The second-order valence-corrected chi connectivity index (χ2v) is 10.3. The lowest BCUT2D eigenvalue weighted by atomic mass is 9.97. The lowest BCUT2D eigenvalue weighted by Gasteiger charge is -2.29. The first-order valence-electron chi connectivity index (χ1n) is 11.4. The van der Waals surface area contributed by atoms with Gasteiger partial charge in [0.1, 0.15) is 17.8 Å². The third-order valence-corrected chi connectivity index (χ3v) is 6.69. The van der Waals surface area contributed by atoms with Crippen molar-refractivity contribution in [1.29, 1.82) is 0 Å². The molecule has 0 bridgehead atoms.